The fraction of sp³-hybridized carbons (Fsp3) is 0.438. The molecule has 0 amide bonds. The summed E-state index contributed by atoms with van der Waals surface area (Å²) in [6.07, 6.45) is 1.92. The molecule has 3 heteroatoms. The molecular weight excluding hydrogens is 238 g/mol. The standard InChI is InChI=1S/C16H21NO2/c1-2-19-11-5-7-15(18)12-14-10-9-13-6-3-4-8-16(13)17-14/h3-4,6,8-10,15,18H,2,5,7,11-12H2,1H3. The first-order valence-corrected chi connectivity index (χ1v) is 6.90. The summed E-state index contributed by atoms with van der Waals surface area (Å²) in [4.78, 5) is 4.57. The number of para-hydroxylation sites is 1. The van der Waals surface area contributed by atoms with E-state index in [0.29, 0.717) is 6.42 Å². The largest absolute Gasteiger partial charge is 0.393 e. The number of benzene rings is 1. The number of aliphatic hydroxyl groups excluding tert-OH is 1. The van der Waals surface area contributed by atoms with E-state index < -0.39 is 0 Å². The third kappa shape index (κ3) is 4.30. The second-order valence-corrected chi connectivity index (χ2v) is 4.69. The van der Waals surface area contributed by atoms with Crippen molar-refractivity contribution in [1.82, 2.24) is 4.98 Å². The van der Waals surface area contributed by atoms with Crippen LogP contribution in [0.15, 0.2) is 36.4 Å². The molecule has 0 saturated carbocycles. The summed E-state index contributed by atoms with van der Waals surface area (Å²) in [5.41, 5.74) is 1.93. The molecule has 1 heterocycles. The first-order chi connectivity index (χ1) is 9.29. The number of hydrogen-bond donors (Lipinski definition) is 1. The van der Waals surface area contributed by atoms with Gasteiger partial charge in [0.25, 0.3) is 0 Å². The molecule has 0 spiro atoms. The predicted octanol–water partition coefficient (Wildman–Crippen LogP) is 2.95. The van der Waals surface area contributed by atoms with Gasteiger partial charge in [-0.05, 0) is 31.9 Å². The van der Waals surface area contributed by atoms with Crippen molar-refractivity contribution in [1.29, 1.82) is 0 Å². The van der Waals surface area contributed by atoms with E-state index in [1.165, 1.54) is 0 Å². The van der Waals surface area contributed by atoms with Crippen LogP contribution >= 0.6 is 0 Å². The monoisotopic (exact) mass is 259 g/mol. The lowest BCUT2D eigenvalue weighted by atomic mass is 10.1. The quantitative estimate of drug-likeness (QED) is 0.777. The van der Waals surface area contributed by atoms with Crippen molar-refractivity contribution >= 4 is 10.9 Å². The molecule has 1 aromatic heterocycles. The molecule has 0 bridgehead atoms. The minimum atomic E-state index is -0.339. The summed E-state index contributed by atoms with van der Waals surface area (Å²) >= 11 is 0. The highest BCUT2D eigenvalue weighted by Gasteiger charge is 2.07. The van der Waals surface area contributed by atoms with Gasteiger partial charge in [0, 0.05) is 30.7 Å². The summed E-state index contributed by atoms with van der Waals surface area (Å²) in [6, 6.07) is 12.1. The molecule has 2 aromatic rings. The first kappa shape index (κ1) is 14.0. The maximum absolute atomic E-state index is 9.98. The van der Waals surface area contributed by atoms with Gasteiger partial charge in [0.05, 0.1) is 11.6 Å². The van der Waals surface area contributed by atoms with Gasteiger partial charge < -0.3 is 9.84 Å². The Morgan fingerprint density at radius 1 is 1.21 bits per heavy atom. The highest BCUT2D eigenvalue weighted by Crippen LogP contribution is 2.13. The average Bonchev–Trinajstić information content (AvgIpc) is 2.43. The summed E-state index contributed by atoms with van der Waals surface area (Å²) < 4.78 is 5.27. The molecule has 1 atom stereocenters. The van der Waals surface area contributed by atoms with E-state index in [1.54, 1.807) is 0 Å². The van der Waals surface area contributed by atoms with E-state index in [1.807, 2.05) is 37.3 Å². The second kappa shape index (κ2) is 7.22. The summed E-state index contributed by atoms with van der Waals surface area (Å²) in [6.45, 7) is 3.44. The second-order valence-electron chi connectivity index (χ2n) is 4.69. The van der Waals surface area contributed by atoms with Crippen molar-refractivity contribution in [3.63, 3.8) is 0 Å². The Morgan fingerprint density at radius 3 is 2.89 bits per heavy atom. The molecule has 2 rings (SSSR count). The molecule has 3 nitrogen and oxygen atoms in total. The van der Waals surface area contributed by atoms with Crippen molar-refractivity contribution < 1.29 is 9.84 Å². The topological polar surface area (TPSA) is 42.4 Å². The average molecular weight is 259 g/mol. The zero-order valence-corrected chi connectivity index (χ0v) is 11.4. The Bertz CT molecular complexity index is 513. The number of rotatable bonds is 7. The lowest BCUT2D eigenvalue weighted by Gasteiger charge is -2.10. The minimum Gasteiger partial charge on any atom is -0.393 e. The fourth-order valence-electron chi connectivity index (χ4n) is 2.13. The van der Waals surface area contributed by atoms with Crippen LogP contribution in [0.3, 0.4) is 0 Å². The summed E-state index contributed by atoms with van der Waals surface area (Å²) in [7, 11) is 0. The molecule has 1 unspecified atom stereocenters. The highest BCUT2D eigenvalue weighted by atomic mass is 16.5. The third-order valence-electron chi connectivity index (χ3n) is 3.13. The van der Waals surface area contributed by atoms with Crippen LogP contribution < -0.4 is 0 Å². The molecule has 0 aliphatic carbocycles. The van der Waals surface area contributed by atoms with Crippen LogP contribution in [0, 0.1) is 0 Å². The molecule has 0 aliphatic rings. The normalized spacial score (nSPS) is 12.7. The van der Waals surface area contributed by atoms with Gasteiger partial charge in [0.1, 0.15) is 0 Å². The maximum Gasteiger partial charge on any atom is 0.0705 e. The predicted molar refractivity (Wildman–Crippen MR) is 77.2 cm³/mol. The van der Waals surface area contributed by atoms with Crippen molar-refractivity contribution in [2.24, 2.45) is 0 Å². The first-order valence-electron chi connectivity index (χ1n) is 6.90. The van der Waals surface area contributed by atoms with Crippen molar-refractivity contribution in [2.75, 3.05) is 13.2 Å². The molecular formula is C16H21NO2. The van der Waals surface area contributed by atoms with Crippen LogP contribution in [0.2, 0.25) is 0 Å². The van der Waals surface area contributed by atoms with Crippen molar-refractivity contribution in [2.45, 2.75) is 32.3 Å². The fourth-order valence-corrected chi connectivity index (χ4v) is 2.13. The zero-order chi connectivity index (χ0) is 13.5. The van der Waals surface area contributed by atoms with Crippen LogP contribution in [0.5, 0.6) is 0 Å². The molecule has 0 aliphatic heterocycles. The Morgan fingerprint density at radius 2 is 2.05 bits per heavy atom. The summed E-state index contributed by atoms with van der Waals surface area (Å²) in [5, 5.41) is 11.1. The lowest BCUT2D eigenvalue weighted by molar-refractivity contribution is 0.114. The van der Waals surface area contributed by atoms with Gasteiger partial charge in [0.15, 0.2) is 0 Å². The van der Waals surface area contributed by atoms with Gasteiger partial charge in [-0.25, -0.2) is 0 Å². The Kier molecular flexibility index (Phi) is 5.31. The van der Waals surface area contributed by atoms with Crippen LogP contribution in [0.4, 0.5) is 0 Å². The van der Waals surface area contributed by atoms with Crippen LogP contribution in [-0.2, 0) is 11.2 Å². The van der Waals surface area contributed by atoms with Crippen LogP contribution in [0.25, 0.3) is 10.9 Å². The van der Waals surface area contributed by atoms with Gasteiger partial charge in [-0.15, -0.1) is 0 Å². The van der Waals surface area contributed by atoms with Crippen LogP contribution in [-0.4, -0.2) is 29.4 Å². The third-order valence-corrected chi connectivity index (χ3v) is 3.13. The number of pyridine rings is 1. The van der Waals surface area contributed by atoms with Crippen molar-refractivity contribution in [3.8, 4) is 0 Å². The van der Waals surface area contributed by atoms with Gasteiger partial charge in [0.2, 0.25) is 0 Å². The van der Waals surface area contributed by atoms with E-state index in [9.17, 15) is 5.11 Å². The van der Waals surface area contributed by atoms with E-state index >= 15 is 0 Å². The van der Waals surface area contributed by atoms with E-state index in [4.69, 9.17) is 4.74 Å². The van der Waals surface area contributed by atoms with Gasteiger partial charge in [-0.3, -0.25) is 4.98 Å². The van der Waals surface area contributed by atoms with Gasteiger partial charge in [-0.2, -0.15) is 0 Å². The molecule has 0 radical (unpaired) electrons. The van der Waals surface area contributed by atoms with E-state index in [-0.39, 0.29) is 6.10 Å². The SMILES string of the molecule is CCOCCCC(O)Cc1ccc2ccccc2n1. The van der Waals surface area contributed by atoms with Gasteiger partial charge >= 0.3 is 0 Å². The number of hydrogen-bond acceptors (Lipinski definition) is 3. The molecule has 19 heavy (non-hydrogen) atoms. The molecule has 0 fully saturated rings. The number of aromatic nitrogens is 1. The minimum absolute atomic E-state index is 0.339. The Labute approximate surface area is 114 Å². The molecule has 1 N–H and O–H groups in total. The molecule has 1 aromatic carbocycles. The smallest absolute Gasteiger partial charge is 0.0705 e. The maximum atomic E-state index is 9.98. The van der Waals surface area contributed by atoms with E-state index in [2.05, 4.69) is 11.1 Å². The number of ether oxygens (including phenoxy) is 1. The van der Waals surface area contributed by atoms with Crippen molar-refractivity contribution in [3.05, 3.63) is 42.1 Å². The summed E-state index contributed by atoms with van der Waals surface area (Å²) in [5.74, 6) is 0. The Balaban J connectivity index is 1.89. The molecule has 102 valence electrons. The Hall–Kier alpha value is -1.45. The number of nitrogens with zero attached hydrogens (tertiary/aromatic N) is 1. The number of fused-ring (bicyclic) bond motifs is 1. The van der Waals surface area contributed by atoms with Gasteiger partial charge in [-0.1, -0.05) is 24.3 Å². The number of aliphatic hydroxyl groups is 1. The lowest BCUT2D eigenvalue weighted by Crippen LogP contribution is -2.12. The molecule has 0 saturated heterocycles. The van der Waals surface area contributed by atoms with Crippen LogP contribution in [0.1, 0.15) is 25.5 Å². The highest BCUT2D eigenvalue weighted by molar-refractivity contribution is 5.78. The van der Waals surface area contributed by atoms with E-state index in [0.717, 1.165) is 42.7 Å². The zero-order valence-electron chi connectivity index (χ0n) is 11.4.